The van der Waals surface area contributed by atoms with Gasteiger partial charge in [-0.1, -0.05) is 17.3 Å². The fraction of sp³-hybridized carbons (Fsp3) is 0.429. The lowest BCUT2D eigenvalue weighted by atomic mass is 10.3. The summed E-state index contributed by atoms with van der Waals surface area (Å²) in [5, 5.41) is 7.91. The van der Waals surface area contributed by atoms with Crippen LogP contribution < -0.4 is 0 Å². The molecule has 116 valence electrons. The molecule has 8 heteroatoms. The highest BCUT2D eigenvalue weighted by molar-refractivity contribution is 5.87. The summed E-state index contributed by atoms with van der Waals surface area (Å²) in [7, 11) is 0. The van der Waals surface area contributed by atoms with Gasteiger partial charge in [0.15, 0.2) is 0 Å². The number of nitrogens with zero attached hydrogens (tertiary/aromatic N) is 5. The first kappa shape index (κ1) is 14.3. The number of ether oxygens (including phenoxy) is 1. The van der Waals surface area contributed by atoms with Crippen molar-refractivity contribution in [3.05, 3.63) is 24.3 Å². The van der Waals surface area contributed by atoms with Crippen LogP contribution in [0, 0.1) is 0 Å². The van der Waals surface area contributed by atoms with Gasteiger partial charge in [-0.2, -0.15) is 4.68 Å². The molecule has 0 atom stereocenters. The van der Waals surface area contributed by atoms with Crippen molar-refractivity contribution in [2.75, 3.05) is 32.8 Å². The second-order valence-electron chi connectivity index (χ2n) is 4.95. The Morgan fingerprint density at radius 2 is 1.82 bits per heavy atom. The summed E-state index contributed by atoms with van der Waals surface area (Å²) in [6.07, 6.45) is -0.333. The number of carbonyl (C=O) groups excluding carboxylic acids is 2. The normalized spacial score (nSPS) is 15.1. The zero-order valence-corrected chi connectivity index (χ0v) is 12.3. The minimum Gasteiger partial charge on any atom is -0.450 e. The minimum absolute atomic E-state index is 0.225. The van der Waals surface area contributed by atoms with Crippen molar-refractivity contribution < 1.29 is 14.3 Å². The Morgan fingerprint density at radius 3 is 2.55 bits per heavy atom. The Hall–Kier alpha value is -2.64. The SMILES string of the molecule is CCOC(=O)N1CCN(C(=O)n2nnc3ccccc32)CC1. The molecular formula is C14H17N5O3. The Labute approximate surface area is 127 Å². The van der Waals surface area contributed by atoms with E-state index in [-0.39, 0.29) is 12.1 Å². The molecule has 2 heterocycles. The van der Waals surface area contributed by atoms with Gasteiger partial charge in [0.2, 0.25) is 0 Å². The largest absolute Gasteiger partial charge is 0.450 e. The summed E-state index contributed by atoms with van der Waals surface area (Å²) < 4.78 is 6.26. The average Bonchev–Trinajstić information content (AvgIpc) is 2.98. The number of piperazine rings is 1. The number of rotatable bonds is 1. The molecule has 2 amide bonds. The van der Waals surface area contributed by atoms with E-state index in [0.717, 1.165) is 0 Å². The molecule has 0 N–H and O–H groups in total. The molecule has 3 rings (SSSR count). The monoisotopic (exact) mass is 303 g/mol. The highest BCUT2D eigenvalue weighted by Gasteiger charge is 2.26. The molecule has 0 radical (unpaired) electrons. The first-order valence-corrected chi connectivity index (χ1v) is 7.22. The molecule has 22 heavy (non-hydrogen) atoms. The van der Waals surface area contributed by atoms with Gasteiger partial charge in [0, 0.05) is 26.2 Å². The van der Waals surface area contributed by atoms with Crippen molar-refractivity contribution in [3.63, 3.8) is 0 Å². The van der Waals surface area contributed by atoms with E-state index in [2.05, 4.69) is 10.3 Å². The van der Waals surface area contributed by atoms with Crippen molar-refractivity contribution in [1.82, 2.24) is 24.8 Å². The highest BCUT2D eigenvalue weighted by atomic mass is 16.6. The minimum atomic E-state index is -0.333. The van der Waals surface area contributed by atoms with Crippen LogP contribution in [0.4, 0.5) is 9.59 Å². The van der Waals surface area contributed by atoms with E-state index in [4.69, 9.17) is 4.74 Å². The number of carbonyl (C=O) groups is 2. The standard InChI is InChI=1S/C14H17N5O3/c1-2-22-14(21)18-9-7-17(8-10-18)13(20)19-12-6-4-3-5-11(12)15-16-19/h3-6H,2,7-10H2,1H3. The van der Waals surface area contributed by atoms with Gasteiger partial charge in [-0.15, -0.1) is 5.10 Å². The summed E-state index contributed by atoms with van der Waals surface area (Å²) in [5.74, 6) is 0. The molecule has 1 aromatic carbocycles. The maximum atomic E-state index is 12.5. The Morgan fingerprint density at radius 1 is 1.14 bits per heavy atom. The molecule has 1 aliphatic heterocycles. The van der Waals surface area contributed by atoms with Gasteiger partial charge in [-0.05, 0) is 19.1 Å². The molecule has 0 aliphatic carbocycles. The van der Waals surface area contributed by atoms with E-state index in [0.29, 0.717) is 43.8 Å². The zero-order chi connectivity index (χ0) is 15.5. The summed E-state index contributed by atoms with van der Waals surface area (Å²) in [6.45, 7) is 3.93. The third-order valence-electron chi connectivity index (χ3n) is 3.61. The molecule has 1 fully saturated rings. The number of aromatic nitrogens is 3. The van der Waals surface area contributed by atoms with Gasteiger partial charge in [0.05, 0.1) is 12.1 Å². The maximum Gasteiger partial charge on any atom is 0.409 e. The molecule has 1 saturated heterocycles. The van der Waals surface area contributed by atoms with E-state index >= 15 is 0 Å². The first-order valence-electron chi connectivity index (χ1n) is 7.22. The van der Waals surface area contributed by atoms with Crippen LogP contribution >= 0.6 is 0 Å². The molecule has 0 spiro atoms. The van der Waals surface area contributed by atoms with Gasteiger partial charge in [0.1, 0.15) is 5.52 Å². The molecule has 0 unspecified atom stereocenters. The second-order valence-corrected chi connectivity index (χ2v) is 4.95. The Kier molecular flexibility index (Phi) is 3.90. The van der Waals surface area contributed by atoms with Gasteiger partial charge in [-0.3, -0.25) is 0 Å². The maximum absolute atomic E-state index is 12.5. The first-order chi connectivity index (χ1) is 10.7. The van der Waals surface area contributed by atoms with E-state index in [1.165, 1.54) is 4.68 Å². The van der Waals surface area contributed by atoms with Crippen LogP contribution in [0.5, 0.6) is 0 Å². The van der Waals surface area contributed by atoms with Crippen LogP contribution in [0.3, 0.4) is 0 Å². The van der Waals surface area contributed by atoms with E-state index < -0.39 is 0 Å². The topological polar surface area (TPSA) is 80.6 Å². The van der Waals surface area contributed by atoms with Crippen LogP contribution in [-0.2, 0) is 4.74 Å². The number of hydrogen-bond acceptors (Lipinski definition) is 5. The fourth-order valence-corrected chi connectivity index (χ4v) is 2.44. The average molecular weight is 303 g/mol. The van der Waals surface area contributed by atoms with Crippen LogP contribution in [0.15, 0.2) is 24.3 Å². The Bertz CT molecular complexity index is 691. The number of amides is 2. The summed E-state index contributed by atoms with van der Waals surface area (Å²) in [6, 6.07) is 7.09. The van der Waals surface area contributed by atoms with Gasteiger partial charge < -0.3 is 14.5 Å². The lowest BCUT2D eigenvalue weighted by Gasteiger charge is -2.33. The predicted molar refractivity (Wildman–Crippen MR) is 78.5 cm³/mol. The molecule has 0 bridgehead atoms. The van der Waals surface area contributed by atoms with Gasteiger partial charge in [-0.25, -0.2) is 9.59 Å². The third-order valence-corrected chi connectivity index (χ3v) is 3.61. The van der Waals surface area contributed by atoms with Crippen LogP contribution in [0.1, 0.15) is 6.92 Å². The molecule has 1 aliphatic rings. The lowest BCUT2D eigenvalue weighted by Crippen LogP contribution is -2.51. The van der Waals surface area contributed by atoms with Crippen molar-refractivity contribution in [2.45, 2.75) is 6.92 Å². The van der Waals surface area contributed by atoms with Crippen LogP contribution in [0.25, 0.3) is 11.0 Å². The van der Waals surface area contributed by atoms with Crippen molar-refractivity contribution in [1.29, 1.82) is 0 Å². The Balaban J connectivity index is 1.69. The van der Waals surface area contributed by atoms with Crippen LogP contribution in [-0.4, -0.2) is 69.7 Å². The second kappa shape index (κ2) is 6.00. The van der Waals surface area contributed by atoms with Crippen molar-refractivity contribution in [3.8, 4) is 0 Å². The number of benzene rings is 1. The van der Waals surface area contributed by atoms with Gasteiger partial charge >= 0.3 is 12.1 Å². The molecule has 8 nitrogen and oxygen atoms in total. The predicted octanol–water partition coefficient (Wildman–Crippen LogP) is 1.17. The summed E-state index contributed by atoms with van der Waals surface area (Å²) in [4.78, 5) is 27.4. The molecule has 2 aromatic rings. The zero-order valence-electron chi connectivity index (χ0n) is 12.3. The van der Waals surface area contributed by atoms with Crippen molar-refractivity contribution >= 4 is 23.2 Å². The fourth-order valence-electron chi connectivity index (χ4n) is 2.44. The van der Waals surface area contributed by atoms with E-state index in [1.807, 2.05) is 24.3 Å². The summed E-state index contributed by atoms with van der Waals surface area (Å²) in [5.41, 5.74) is 1.36. The smallest absolute Gasteiger partial charge is 0.409 e. The van der Waals surface area contributed by atoms with E-state index in [1.54, 1.807) is 16.7 Å². The number of hydrogen-bond donors (Lipinski definition) is 0. The molecular weight excluding hydrogens is 286 g/mol. The lowest BCUT2D eigenvalue weighted by molar-refractivity contribution is 0.0851. The van der Waals surface area contributed by atoms with Gasteiger partial charge in [0.25, 0.3) is 0 Å². The highest BCUT2D eigenvalue weighted by Crippen LogP contribution is 2.12. The molecule has 0 saturated carbocycles. The number of para-hydroxylation sites is 1. The van der Waals surface area contributed by atoms with E-state index in [9.17, 15) is 9.59 Å². The summed E-state index contributed by atoms with van der Waals surface area (Å²) >= 11 is 0. The number of fused-ring (bicyclic) bond motifs is 1. The molecule has 1 aromatic heterocycles. The quantitative estimate of drug-likeness (QED) is 0.790. The van der Waals surface area contributed by atoms with Crippen molar-refractivity contribution in [2.24, 2.45) is 0 Å². The third kappa shape index (κ3) is 2.59. The van der Waals surface area contributed by atoms with Crippen LogP contribution in [0.2, 0.25) is 0 Å².